The van der Waals surface area contributed by atoms with E-state index in [0.29, 0.717) is 11.2 Å². The lowest BCUT2D eigenvalue weighted by atomic mass is 10.1. The smallest absolute Gasteiger partial charge is 0.169 e. The number of benzene rings is 1. The fourth-order valence-electron chi connectivity index (χ4n) is 1.96. The minimum Gasteiger partial charge on any atom is -0.282 e. The largest absolute Gasteiger partial charge is 0.282 e. The predicted octanol–water partition coefficient (Wildman–Crippen LogP) is 3.34. The Morgan fingerprint density at radius 1 is 1.26 bits per heavy atom. The van der Waals surface area contributed by atoms with Gasteiger partial charge in [0, 0.05) is 22.3 Å². The Labute approximate surface area is 118 Å². The van der Waals surface area contributed by atoms with Crippen LogP contribution in [0.1, 0.15) is 11.1 Å². The van der Waals surface area contributed by atoms with Crippen LogP contribution in [0.25, 0.3) is 17.0 Å². The highest BCUT2D eigenvalue weighted by atomic mass is 79.9. The minimum absolute atomic E-state index is 0.578. The fraction of sp³-hybridized carbons (Fsp3) is 0.0714. The lowest BCUT2D eigenvalue weighted by Crippen LogP contribution is -1.91. The van der Waals surface area contributed by atoms with Gasteiger partial charge in [-0.05, 0) is 34.5 Å². The molecule has 0 unspecified atom stereocenters. The second-order valence-electron chi connectivity index (χ2n) is 4.22. The number of hydrogen-bond donors (Lipinski definition) is 0. The average Bonchev–Trinajstić information content (AvgIpc) is 2.84. The number of nitriles is 1. The van der Waals surface area contributed by atoms with Crippen molar-refractivity contribution in [1.29, 1.82) is 5.26 Å². The van der Waals surface area contributed by atoms with Gasteiger partial charge < -0.3 is 0 Å². The maximum Gasteiger partial charge on any atom is 0.169 e. The van der Waals surface area contributed by atoms with Crippen LogP contribution in [0, 0.1) is 18.3 Å². The van der Waals surface area contributed by atoms with Crippen molar-refractivity contribution in [2.24, 2.45) is 0 Å². The van der Waals surface area contributed by atoms with Crippen molar-refractivity contribution < 1.29 is 0 Å². The second-order valence-corrected chi connectivity index (χ2v) is 5.01. The summed E-state index contributed by atoms with van der Waals surface area (Å²) in [7, 11) is 0. The monoisotopic (exact) mass is 312 g/mol. The third kappa shape index (κ3) is 1.90. The molecule has 0 radical (unpaired) electrons. The molecule has 0 aliphatic rings. The third-order valence-electron chi connectivity index (χ3n) is 2.97. The second kappa shape index (κ2) is 4.48. The van der Waals surface area contributed by atoms with E-state index in [0.717, 1.165) is 21.4 Å². The van der Waals surface area contributed by atoms with Crippen LogP contribution in [0.3, 0.4) is 0 Å². The Kier molecular flexibility index (Phi) is 2.80. The Balaban J connectivity index is 2.27. The molecule has 0 amide bonds. The first kappa shape index (κ1) is 11.9. The van der Waals surface area contributed by atoms with E-state index in [1.54, 1.807) is 12.1 Å². The first-order valence-electron chi connectivity index (χ1n) is 5.71. The molecule has 0 bridgehead atoms. The van der Waals surface area contributed by atoms with Crippen molar-refractivity contribution in [3.05, 3.63) is 52.1 Å². The van der Waals surface area contributed by atoms with Gasteiger partial charge in [-0.25, -0.2) is 0 Å². The van der Waals surface area contributed by atoms with Gasteiger partial charge in [0.25, 0.3) is 0 Å². The van der Waals surface area contributed by atoms with Crippen LogP contribution in [0.4, 0.5) is 0 Å². The molecule has 0 saturated heterocycles. The molecule has 3 aromatic rings. The van der Waals surface area contributed by atoms with E-state index >= 15 is 0 Å². The van der Waals surface area contributed by atoms with Crippen LogP contribution < -0.4 is 0 Å². The molecule has 2 heterocycles. The molecule has 5 heteroatoms. The Hall–Kier alpha value is -2.19. The highest BCUT2D eigenvalue weighted by Crippen LogP contribution is 2.29. The number of halogens is 1. The van der Waals surface area contributed by atoms with Crippen LogP contribution in [-0.4, -0.2) is 14.6 Å². The first-order chi connectivity index (χ1) is 9.20. The zero-order valence-electron chi connectivity index (χ0n) is 10.1. The lowest BCUT2D eigenvalue weighted by molar-refractivity contribution is 1.11. The lowest BCUT2D eigenvalue weighted by Gasteiger charge is -2.05. The summed E-state index contributed by atoms with van der Waals surface area (Å²) in [5.74, 6) is 0.759. The van der Waals surface area contributed by atoms with Gasteiger partial charge in [-0.3, -0.25) is 4.40 Å². The molecule has 0 saturated carbocycles. The van der Waals surface area contributed by atoms with Gasteiger partial charge in [0.05, 0.1) is 11.6 Å². The molecule has 3 rings (SSSR count). The topological polar surface area (TPSA) is 54.0 Å². The van der Waals surface area contributed by atoms with Crippen molar-refractivity contribution in [1.82, 2.24) is 14.6 Å². The van der Waals surface area contributed by atoms with Gasteiger partial charge in [-0.2, -0.15) is 5.26 Å². The number of hydrogen-bond acceptors (Lipinski definition) is 3. The number of nitrogens with zero attached hydrogens (tertiary/aromatic N) is 4. The summed E-state index contributed by atoms with van der Waals surface area (Å²) in [5.41, 5.74) is 3.37. The molecular formula is C14H9BrN4. The number of pyridine rings is 1. The van der Waals surface area contributed by atoms with Crippen molar-refractivity contribution in [2.45, 2.75) is 6.92 Å². The molecule has 0 atom stereocenters. The molecule has 0 N–H and O–H groups in total. The molecular weight excluding hydrogens is 304 g/mol. The third-order valence-corrected chi connectivity index (χ3v) is 4.02. The Bertz CT molecular complexity index is 814. The number of aromatic nitrogens is 3. The van der Waals surface area contributed by atoms with E-state index < -0.39 is 0 Å². The highest BCUT2D eigenvalue weighted by molar-refractivity contribution is 9.10. The molecule has 0 aliphatic carbocycles. The SMILES string of the molecule is Cc1cccc(-c2nnc3cc(C#N)ccn23)c1Br. The number of rotatable bonds is 1. The summed E-state index contributed by atoms with van der Waals surface area (Å²) in [6.45, 7) is 2.03. The van der Waals surface area contributed by atoms with Crippen LogP contribution in [0.5, 0.6) is 0 Å². The summed E-state index contributed by atoms with van der Waals surface area (Å²) < 4.78 is 2.88. The van der Waals surface area contributed by atoms with Crippen molar-refractivity contribution in [3.8, 4) is 17.5 Å². The van der Waals surface area contributed by atoms with Crippen LogP contribution >= 0.6 is 15.9 Å². The number of aryl methyl sites for hydroxylation is 1. The zero-order valence-corrected chi connectivity index (χ0v) is 11.7. The van der Waals surface area contributed by atoms with Gasteiger partial charge in [-0.15, -0.1) is 10.2 Å². The highest BCUT2D eigenvalue weighted by Gasteiger charge is 2.12. The van der Waals surface area contributed by atoms with E-state index in [4.69, 9.17) is 5.26 Å². The summed E-state index contributed by atoms with van der Waals surface area (Å²) in [4.78, 5) is 0. The molecule has 2 aromatic heterocycles. The van der Waals surface area contributed by atoms with Crippen LogP contribution in [0.15, 0.2) is 41.0 Å². The minimum atomic E-state index is 0.578. The molecule has 19 heavy (non-hydrogen) atoms. The van der Waals surface area contributed by atoms with E-state index in [9.17, 15) is 0 Å². The fourth-order valence-corrected chi connectivity index (χ4v) is 2.41. The van der Waals surface area contributed by atoms with E-state index in [2.05, 4.69) is 32.2 Å². The van der Waals surface area contributed by atoms with Gasteiger partial charge in [0.15, 0.2) is 11.5 Å². The van der Waals surface area contributed by atoms with Gasteiger partial charge in [-0.1, -0.05) is 18.2 Å². The molecule has 0 spiro atoms. The van der Waals surface area contributed by atoms with Crippen molar-refractivity contribution >= 4 is 21.6 Å². The van der Waals surface area contributed by atoms with Crippen LogP contribution in [-0.2, 0) is 0 Å². The van der Waals surface area contributed by atoms with Gasteiger partial charge in [0.1, 0.15) is 0 Å². The molecule has 0 fully saturated rings. The molecule has 4 nitrogen and oxygen atoms in total. The summed E-state index contributed by atoms with van der Waals surface area (Å²) in [6, 6.07) is 11.6. The first-order valence-corrected chi connectivity index (χ1v) is 6.50. The average molecular weight is 313 g/mol. The molecule has 92 valence electrons. The van der Waals surface area contributed by atoms with Crippen LogP contribution in [0.2, 0.25) is 0 Å². The quantitative estimate of drug-likeness (QED) is 0.692. The number of fused-ring (bicyclic) bond motifs is 1. The molecule has 0 aliphatic heterocycles. The predicted molar refractivity (Wildman–Crippen MR) is 75.6 cm³/mol. The summed E-state index contributed by atoms with van der Waals surface area (Å²) in [6.07, 6.45) is 1.82. The van der Waals surface area contributed by atoms with Crippen molar-refractivity contribution in [3.63, 3.8) is 0 Å². The van der Waals surface area contributed by atoms with Gasteiger partial charge in [0.2, 0.25) is 0 Å². The van der Waals surface area contributed by atoms with E-state index in [-0.39, 0.29) is 0 Å². The Morgan fingerprint density at radius 3 is 2.89 bits per heavy atom. The zero-order chi connectivity index (χ0) is 13.4. The van der Waals surface area contributed by atoms with E-state index in [1.165, 1.54) is 0 Å². The van der Waals surface area contributed by atoms with Crippen molar-refractivity contribution in [2.75, 3.05) is 0 Å². The van der Waals surface area contributed by atoms with E-state index in [1.807, 2.05) is 35.7 Å². The maximum absolute atomic E-state index is 8.89. The maximum atomic E-state index is 8.89. The van der Waals surface area contributed by atoms with Gasteiger partial charge >= 0.3 is 0 Å². The summed E-state index contributed by atoms with van der Waals surface area (Å²) in [5, 5.41) is 17.2. The standard InChI is InChI=1S/C14H9BrN4/c1-9-3-2-4-11(13(9)15)14-18-17-12-7-10(8-16)5-6-19(12)14/h2-7H,1H3. The summed E-state index contributed by atoms with van der Waals surface area (Å²) >= 11 is 3.58. The normalized spacial score (nSPS) is 10.6. The Morgan fingerprint density at radius 2 is 2.11 bits per heavy atom. The molecule has 1 aromatic carbocycles.